The van der Waals surface area contributed by atoms with E-state index in [-0.39, 0.29) is 0 Å². The van der Waals surface area contributed by atoms with Gasteiger partial charge in [-0.15, -0.1) is 0 Å². The monoisotopic (exact) mass is 468 g/mol. The molecular formula is C26H26Cl2N2O2. The van der Waals surface area contributed by atoms with Gasteiger partial charge in [-0.1, -0.05) is 90.8 Å². The maximum atomic E-state index is 12.9. The molecule has 4 nitrogen and oxygen atoms in total. The molecule has 3 aromatic carbocycles. The third kappa shape index (κ3) is 7.11. The number of rotatable bonds is 8. The summed E-state index contributed by atoms with van der Waals surface area (Å²) in [5.74, 6) is -0.424. The third-order valence-electron chi connectivity index (χ3n) is 4.80. The Morgan fingerprint density at radius 2 is 1.56 bits per heavy atom. The van der Waals surface area contributed by atoms with Gasteiger partial charge in [0, 0.05) is 18.7 Å². The van der Waals surface area contributed by atoms with Gasteiger partial charge in [0.05, 0.1) is 16.7 Å². The minimum atomic E-state index is -0.424. The fourth-order valence-electron chi connectivity index (χ4n) is 3.12. The van der Waals surface area contributed by atoms with E-state index in [1.54, 1.807) is 12.1 Å². The lowest BCUT2D eigenvalue weighted by Gasteiger charge is -2.26. The van der Waals surface area contributed by atoms with Gasteiger partial charge in [-0.3, -0.25) is 4.79 Å². The molecule has 166 valence electrons. The molecule has 0 saturated carbocycles. The zero-order valence-corrected chi connectivity index (χ0v) is 19.5. The number of ether oxygens (including phenoxy) is 1. The summed E-state index contributed by atoms with van der Waals surface area (Å²) in [5.41, 5.74) is 2.67. The SMILES string of the molecule is CCCOC(=NC(=O)c1ccc(Cl)c(Cl)c1)N(CCc1ccccc1)Cc1ccccc1. The highest BCUT2D eigenvalue weighted by atomic mass is 35.5. The van der Waals surface area contributed by atoms with Gasteiger partial charge in [0.25, 0.3) is 11.9 Å². The molecule has 0 bridgehead atoms. The summed E-state index contributed by atoms with van der Waals surface area (Å²) in [7, 11) is 0. The average Bonchev–Trinajstić information content (AvgIpc) is 2.82. The fourth-order valence-corrected chi connectivity index (χ4v) is 3.42. The number of aliphatic imine (C=N–C) groups is 1. The molecule has 0 aliphatic rings. The van der Waals surface area contributed by atoms with Crippen LogP contribution in [0.2, 0.25) is 10.0 Å². The summed E-state index contributed by atoms with van der Waals surface area (Å²) >= 11 is 12.1. The maximum absolute atomic E-state index is 12.9. The maximum Gasteiger partial charge on any atom is 0.295 e. The Morgan fingerprint density at radius 3 is 2.19 bits per heavy atom. The van der Waals surface area contributed by atoms with Crippen molar-refractivity contribution in [1.82, 2.24) is 4.90 Å². The van der Waals surface area contributed by atoms with Crippen molar-refractivity contribution in [1.29, 1.82) is 0 Å². The Hall–Kier alpha value is -2.82. The number of amidine groups is 1. The number of carbonyl (C=O) groups is 1. The Morgan fingerprint density at radius 1 is 0.906 bits per heavy atom. The standard InChI is InChI=1S/C26H26Cl2N2O2/c1-2-17-32-26(29-25(31)22-13-14-23(27)24(28)18-22)30(19-21-11-7-4-8-12-21)16-15-20-9-5-3-6-10-20/h3-14,18H,2,15-17,19H2,1H3. The first kappa shape index (κ1) is 23.8. The topological polar surface area (TPSA) is 41.9 Å². The first-order valence-electron chi connectivity index (χ1n) is 10.6. The van der Waals surface area contributed by atoms with Crippen molar-refractivity contribution in [2.24, 2.45) is 4.99 Å². The van der Waals surface area contributed by atoms with Gasteiger partial charge in [0.15, 0.2) is 0 Å². The highest BCUT2D eigenvalue weighted by molar-refractivity contribution is 6.42. The fraction of sp³-hybridized carbons (Fsp3) is 0.231. The van der Waals surface area contributed by atoms with Crippen LogP contribution in [0, 0.1) is 0 Å². The summed E-state index contributed by atoms with van der Waals surface area (Å²) in [6.07, 6.45) is 1.60. The molecule has 32 heavy (non-hydrogen) atoms. The highest BCUT2D eigenvalue weighted by Gasteiger charge is 2.17. The van der Waals surface area contributed by atoms with E-state index < -0.39 is 5.91 Å². The van der Waals surface area contributed by atoms with Crippen molar-refractivity contribution >= 4 is 35.1 Å². The molecule has 0 fully saturated rings. The average molecular weight is 469 g/mol. The summed E-state index contributed by atoms with van der Waals surface area (Å²) in [5, 5.41) is 0.706. The van der Waals surface area contributed by atoms with Gasteiger partial charge >= 0.3 is 0 Å². The molecule has 0 unspecified atom stereocenters. The van der Waals surface area contributed by atoms with Crippen LogP contribution in [0.4, 0.5) is 0 Å². The van der Waals surface area contributed by atoms with E-state index in [0.717, 1.165) is 18.4 Å². The second-order valence-electron chi connectivity index (χ2n) is 7.32. The van der Waals surface area contributed by atoms with Crippen LogP contribution in [0.15, 0.2) is 83.9 Å². The lowest BCUT2D eigenvalue weighted by Crippen LogP contribution is -2.35. The molecule has 0 aromatic heterocycles. The molecular weight excluding hydrogens is 443 g/mol. The molecule has 6 heteroatoms. The van der Waals surface area contributed by atoms with E-state index in [1.807, 2.05) is 60.4 Å². The van der Waals surface area contributed by atoms with E-state index in [2.05, 4.69) is 17.1 Å². The molecule has 0 saturated heterocycles. The van der Waals surface area contributed by atoms with Gasteiger partial charge in [0.2, 0.25) is 0 Å². The number of hydrogen-bond acceptors (Lipinski definition) is 2. The summed E-state index contributed by atoms with van der Waals surface area (Å²) in [4.78, 5) is 19.3. The minimum absolute atomic E-state index is 0.308. The van der Waals surface area contributed by atoms with Gasteiger partial charge in [0.1, 0.15) is 0 Å². The number of hydrogen-bond donors (Lipinski definition) is 0. The summed E-state index contributed by atoms with van der Waals surface area (Å²) < 4.78 is 5.96. The molecule has 0 heterocycles. The summed E-state index contributed by atoms with van der Waals surface area (Å²) in [6, 6.07) is 25.3. The lowest BCUT2D eigenvalue weighted by molar-refractivity contribution is 0.0993. The van der Waals surface area contributed by atoms with Gasteiger partial charge in [-0.05, 0) is 42.2 Å². The number of amides is 1. The van der Waals surface area contributed by atoms with Crippen molar-refractivity contribution in [3.8, 4) is 0 Å². The normalized spacial score (nSPS) is 11.3. The van der Waals surface area contributed by atoms with E-state index in [4.69, 9.17) is 27.9 Å². The van der Waals surface area contributed by atoms with Crippen LogP contribution in [-0.4, -0.2) is 30.0 Å². The Labute approximate surface area is 199 Å². The van der Waals surface area contributed by atoms with Crippen molar-refractivity contribution in [3.05, 3.63) is 106 Å². The highest BCUT2D eigenvalue weighted by Crippen LogP contribution is 2.23. The van der Waals surface area contributed by atoms with Crippen LogP contribution in [0.5, 0.6) is 0 Å². The lowest BCUT2D eigenvalue weighted by atomic mass is 10.1. The Bertz CT molecular complexity index is 1040. The predicted molar refractivity (Wildman–Crippen MR) is 131 cm³/mol. The van der Waals surface area contributed by atoms with Gasteiger partial charge in [-0.2, -0.15) is 4.99 Å². The van der Waals surface area contributed by atoms with Crippen LogP contribution in [-0.2, 0) is 17.7 Å². The quantitative estimate of drug-likeness (QED) is 0.274. The smallest absolute Gasteiger partial charge is 0.295 e. The summed E-state index contributed by atoms with van der Waals surface area (Å²) in [6.45, 7) is 3.70. The van der Waals surface area contributed by atoms with Crippen molar-refractivity contribution in [2.75, 3.05) is 13.2 Å². The first-order chi connectivity index (χ1) is 15.6. The molecule has 0 atom stereocenters. The number of halogens is 2. The molecule has 3 aromatic rings. The first-order valence-corrected chi connectivity index (χ1v) is 11.4. The van der Waals surface area contributed by atoms with Crippen molar-refractivity contribution < 1.29 is 9.53 Å². The minimum Gasteiger partial charge on any atom is -0.465 e. The number of nitrogens with zero attached hydrogens (tertiary/aromatic N) is 2. The van der Waals surface area contributed by atoms with Crippen LogP contribution in [0.3, 0.4) is 0 Å². The van der Waals surface area contributed by atoms with Crippen LogP contribution in [0.1, 0.15) is 34.8 Å². The largest absolute Gasteiger partial charge is 0.465 e. The zero-order chi connectivity index (χ0) is 22.8. The zero-order valence-electron chi connectivity index (χ0n) is 18.0. The molecule has 0 N–H and O–H groups in total. The van der Waals surface area contributed by atoms with Gasteiger partial charge < -0.3 is 9.64 Å². The molecule has 0 aliphatic carbocycles. The van der Waals surface area contributed by atoms with E-state index in [0.29, 0.717) is 41.3 Å². The second kappa shape index (κ2) is 12.3. The van der Waals surface area contributed by atoms with Crippen molar-refractivity contribution in [3.63, 3.8) is 0 Å². The number of carbonyl (C=O) groups excluding carboxylic acids is 1. The Balaban J connectivity index is 1.89. The third-order valence-corrected chi connectivity index (χ3v) is 5.54. The predicted octanol–water partition coefficient (Wildman–Crippen LogP) is 6.66. The molecule has 0 aliphatic heterocycles. The van der Waals surface area contributed by atoms with E-state index in [9.17, 15) is 4.79 Å². The van der Waals surface area contributed by atoms with Crippen LogP contribution >= 0.6 is 23.2 Å². The number of benzene rings is 3. The van der Waals surface area contributed by atoms with E-state index >= 15 is 0 Å². The molecule has 0 radical (unpaired) electrons. The molecule has 1 amide bonds. The van der Waals surface area contributed by atoms with Gasteiger partial charge in [-0.25, -0.2) is 0 Å². The van der Waals surface area contributed by atoms with Crippen LogP contribution < -0.4 is 0 Å². The molecule has 3 rings (SSSR count). The Kier molecular flexibility index (Phi) is 9.14. The molecule has 0 spiro atoms. The van der Waals surface area contributed by atoms with E-state index in [1.165, 1.54) is 11.6 Å². The second-order valence-corrected chi connectivity index (χ2v) is 8.13. The van der Waals surface area contributed by atoms with Crippen LogP contribution in [0.25, 0.3) is 0 Å². The van der Waals surface area contributed by atoms with Crippen molar-refractivity contribution in [2.45, 2.75) is 26.3 Å².